The van der Waals surface area contributed by atoms with Crippen LogP contribution in [0.5, 0.6) is 0 Å². The van der Waals surface area contributed by atoms with Crippen molar-refractivity contribution in [2.24, 2.45) is 5.11 Å². The van der Waals surface area contributed by atoms with Crippen molar-refractivity contribution in [1.29, 1.82) is 0 Å². The molecule has 1 fully saturated rings. The molecule has 1 aromatic carbocycles. The number of hydrogen-bond acceptors (Lipinski definition) is 6. The van der Waals surface area contributed by atoms with Crippen LogP contribution in [0.15, 0.2) is 23.3 Å². The third-order valence-corrected chi connectivity index (χ3v) is 4.46. The fraction of sp³-hybridized carbons (Fsp3) is 0.412. The molecule has 2 atom stereocenters. The predicted octanol–water partition coefficient (Wildman–Crippen LogP) is 1.23. The highest BCUT2D eigenvalue weighted by Crippen LogP contribution is 2.41. The number of carbonyl (C=O) groups excluding carboxylic acids is 4. The standard InChI is InChI=1S/C17H18N6O5/c1-9(24)20-11-4-2-3-10-14(11)17(28-8-7-19-22-18)23(16(10)27)12-5-6-13(25)21-15(12)26/h2-4,12,17H,5-8H2,1H3,(H,20,24)(H,21,25,26). The Hall–Kier alpha value is -3.43. The van der Waals surface area contributed by atoms with Gasteiger partial charge >= 0.3 is 0 Å². The quantitative estimate of drug-likeness (QED) is 0.247. The largest absolute Gasteiger partial charge is 0.354 e. The molecule has 1 aromatic rings. The predicted molar refractivity (Wildman–Crippen MR) is 95.8 cm³/mol. The van der Waals surface area contributed by atoms with E-state index in [0.29, 0.717) is 16.8 Å². The Morgan fingerprint density at radius 1 is 1.43 bits per heavy atom. The van der Waals surface area contributed by atoms with E-state index in [0.717, 1.165) is 0 Å². The minimum atomic E-state index is -0.969. The number of fused-ring (bicyclic) bond motifs is 1. The number of piperidine rings is 1. The van der Waals surface area contributed by atoms with Gasteiger partial charge in [0.2, 0.25) is 17.7 Å². The molecule has 3 rings (SSSR count). The van der Waals surface area contributed by atoms with Crippen LogP contribution in [-0.2, 0) is 19.1 Å². The molecule has 2 heterocycles. The second-order valence-electron chi connectivity index (χ2n) is 6.30. The molecule has 1 saturated heterocycles. The highest BCUT2D eigenvalue weighted by Gasteiger charge is 2.46. The number of anilines is 1. The van der Waals surface area contributed by atoms with Gasteiger partial charge in [-0.3, -0.25) is 29.4 Å². The maximum atomic E-state index is 13.0. The van der Waals surface area contributed by atoms with E-state index < -0.39 is 30.0 Å². The van der Waals surface area contributed by atoms with Crippen molar-refractivity contribution < 1.29 is 23.9 Å². The number of nitrogens with zero attached hydrogens (tertiary/aromatic N) is 4. The molecule has 0 saturated carbocycles. The number of nitrogens with one attached hydrogen (secondary N) is 2. The van der Waals surface area contributed by atoms with Crippen LogP contribution < -0.4 is 10.6 Å². The molecule has 2 unspecified atom stereocenters. The second-order valence-corrected chi connectivity index (χ2v) is 6.30. The van der Waals surface area contributed by atoms with Crippen LogP contribution in [0.2, 0.25) is 0 Å². The summed E-state index contributed by atoms with van der Waals surface area (Å²) < 4.78 is 5.79. The van der Waals surface area contributed by atoms with Gasteiger partial charge in [-0.25, -0.2) is 0 Å². The number of azide groups is 1. The second kappa shape index (κ2) is 8.07. The van der Waals surface area contributed by atoms with Crippen molar-refractivity contribution in [3.05, 3.63) is 39.8 Å². The molecule has 11 nitrogen and oxygen atoms in total. The first-order valence-corrected chi connectivity index (χ1v) is 8.63. The summed E-state index contributed by atoms with van der Waals surface area (Å²) in [7, 11) is 0. The Kier molecular flexibility index (Phi) is 5.57. The van der Waals surface area contributed by atoms with E-state index in [9.17, 15) is 19.2 Å². The highest BCUT2D eigenvalue weighted by atomic mass is 16.5. The number of amides is 4. The lowest BCUT2D eigenvalue weighted by Gasteiger charge is -2.34. The Bertz CT molecular complexity index is 894. The number of imide groups is 1. The minimum absolute atomic E-state index is 0.000375. The van der Waals surface area contributed by atoms with E-state index in [-0.39, 0.29) is 31.9 Å². The Labute approximate surface area is 159 Å². The van der Waals surface area contributed by atoms with Crippen LogP contribution >= 0.6 is 0 Å². The SMILES string of the molecule is CC(=O)Nc1cccc2c1C(OCCN=[N+]=[N-])N(C1CCC(=O)NC1=O)C2=O. The molecule has 0 aliphatic carbocycles. The normalized spacial score (nSPS) is 21.0. The summed E-state index contributed by atoms with van der Waals surface area (Å²) in [5.74, 6) is -1.74. The van der Waals surface area contributed by atoms with Crippen molar-refractivity contribution in [1.82, 2.24) is 10.2 Å². The number of ether oxygens (including phenoxy) is 1. The first kappa shape index (κ1) is 19.3. The average Bonchev–Trinajstić information content (AvgIpc) is 2.92. The van der Waals surface area contributed by atoms with Crippen LogP contribution in [0.4, 0.5) is 5.69 Å². The third kappa shape index (κ3) is 3.66. The van der Waals surface area contributed by atoms with Crippen LogP contribution in [-0.4, -0.2) is 47.7 Å². The first-order valence-electron chi connectivity index (χ1n) is 8.63. The molecule has 2 aliphatic heterocycles. The van der Waals surface area contributed by atoms with Crippen LogP contribution in [0.3, 0.4) is 0 Å². The average molecular weight is 386 g/mol. The summed E-state index contributed by atoms with van der Waals surface area (Å²) in [4.78, 5) is 52.4. The molecule has 4 amide bonds. The van der Waals surface area contributed by atoms with Gasteiger partial charge in [0.15, 0.2) is 6.23 Å². The van der Waals surface area contributed by atoms with Crippen molar-refractivity contribution in [2.45, 2.75) is 32.0 Å². The van der Waals surface area contributed by atoms with Gasteiger partial charge in [0.25, 0.3) is 5.91 Å². The van der Waals surface area contributed by atoms with E-state index in [2.05, 4.69) is 20.7 Å². The molecule has 2 N–H and O–H groups in total. The number of carbonyl (C=O) groups is 4. The summed E-state index contributed by atoms with van der Waals surface area (Å²) >= 11 is 0. The topological polar surface area (TPSA) is 154 Å². The number of benzene rings is 1. The van der Waals surface area contributed by atoms with Gasteiger partial charge < -0.3 is 10.1 Å². The first-order chi connectivity index (χ1) is 13.4. The van der Waals surface area contributed by atoms with Crippen molar-refractivity contribution in [2.75, 3.05) is 18.5 Å². The van der Waals surface area contributed by atoms with Crippen molar-refractivity contribution in [3.63, 3.8) is 0 Å². The highest BCUT2D eigenvalue weighted by molar-refractivity contribution is 6.07. The fourth-order valence-electron chi connectivity index (χ4n) is 3.37. The minimum Gasteiger partial charge on any atom is -0.354 e. The van der Waals surface area contributed by atoms with E-state index in [1.807, 2.05) is 0 Å². The van der Waals surface area contributed by atoms with Gasteiger partial charge in [-0.2, -0.15) is 0 Å². The van der Waals surface area contributed by atoms with Crippen molar-refractivity contribution >= 4 is 29.3 Å². The molecule has 0 spiro atoms. The summed E-state index contributed by atoms with van der Waals surface area (Å²) in [6.45, 7) is 1.37. The lowest BCUT2D eigenvalue weighted by molar-refractivity contribution is -0.141. The van der Waals surface area contributed by atoms with Gasteiger partial charge in [0.05, 0.1) is 6.61 Å². The maximum absolute atomic E-state index is 13.0. The molecular weight excluding hydrogens is 368 g/mol. The molecule has 11 heteroatoms. The van der Waals surface area contributed by atoms with E-state index in [1.165, 1.54) is 11.8 Å². The Balaban J connectivity index is 1.99. The zero-order valence-electron chi connectivity index (χ0n) is 15.0. The van der Waals surface area contributed by atoms with Crippen LogP contribution in [0.1, 0.15) is 41.9 Å². The van der Waals surface area contributed by atoms with E-state index >= 15 is 0 Å². The summed E-state index contributed by atoms with van der Waals surface area (Å²) in [6, 6.07) is 3.93. The molecule has 0 radical (unpaired) electrons. The van der Waals surface area contributed by atoms with Gasteiger partial charge in [0, 0.05) is 41.6 Å². The molecular formula is C17H18N6O5. The number of hydrogen-bond donors (Lipinski definition) is 2. The Morgan fingerprint density at radius 3 is 2.89 bits per heavy atom. The smallest absolute Gasteiger partial charge is 0.257 e. The summed E-state index contributed by atoms with van der Waals surface area (Å²) in [5.41, 5.74) is 9.53. The van der Waals surface area contributed by atoms with Crippen LogP contribution in [0, 0.1) is 0 Å². The third-order valence-electron chi connectivity index (χ3n) is 4.46. The van der Waals surface area contributed by atoms with E-state index in [1.54, 1.807) is 18.2 Å². The monoisotopic (exact) mass is 386 g/mol. The van der Waals surface area contributed by atoms with E-state index in [4.69, 9.17) is 10.3 Å². The zero-order valence-corrected chi connectivity index (χ0v) is 15.0. The van der Waals surface area contributed by atoms with Gasteiger partial charge in [-0.1, -0.05) is 11.2 Å². The van der Waals surface area contributed by atoms with Crippen LogP contribution in [0.25, 0.3) is 10.4 Å². The lowest BCUT2D eigenvalue weighted by atomic mass is 10.0. The summed E-state index contributed by atoms with van der Waals surface area (Å²) in [5, 5.41) is 8.30. The van der Waals surface area contributed by atoms with Gasteiger partial charge in [0.1, 0.15) is 6.04 Å². The molecule has 0 aromatic heterocycles. The lowest BCUT2D eigenvalue weighted by Crippen LogP contribution is -2.53. The Morgan fingerprint density at radius 2 is 2.21 bits per heavy atom. The molecule has 0 bridgehead atoms. The fourth-order valence-corrected chi connectivity index (χ4v) is 3.37. The zero-order chi connectivity index (χ0) is 20.3. The molecule has 2 aliphatic rings. The van der Waals surface area contributed by atoms with Crippen molar-refractivity contribution in [3.8, 4) is 0 Å². The molecule has 146 valence electrons. The summed E-state index contributed by atoms with van der Waals surface area (Å²) in [6.07, 6.45) is -0.709. The van der Waals surface area contributed by atoms with Gasteiger partial charge in [-0.05, 0) is 24.1 Å². The van der Waals surface area contributed by atoms with Gasteiger partial charge in [-0.15, -0.1) is 0 Å². The molecule has 28 heavy (non-hydrogen) atoms. The maximum Gasteiger partial charge on any atom is 0.257 e. The number of rotatable bonds is 6.